The number of hydrogen-bond acceptors (Lipinski definition) is 5. The third-order valence-corrected chi connectivity index (χ3v) is 9.60. The molecule has 0 unspecified atom stereocenters. The Bertz CT molecular complexity index is 2070. The average Bonchev–Trinajstić information content (AvgIpc) is 3.10. The van der Waals surface area contributed by atoms with Crippen molar-refractivity contribution in [2.75, 3.05) is 10.2 Å². The Morgan fingerprint density at radius 1 is 0.727 bits per heavy atom. The van der Waals surface area contributed by atoms with Crippen molar-refractivity contribution in [2.45, 2.75) is 30.2 Å². The lowest BCUT2D eigenvalue weighted by Crippen LogP contribution is -2.31. The maximum absolute atomic E-state index is 14.0. The molecule has 5 aromatic carbocycles. The lowest BCUT2D eigenvalue weighted by molar-refractivity contribution is 0.0978. The van der Waals surface area contributed by atoms with Crippen LogP contribution in [-0.4, -0.2) is 26.0 Å². The molecule has 0 saturated heterocycles. The first-order valence-electron chi connectivity index (χ1n) is 14.0. The molecular formula is C36H28N2O5S. The lowest BCUT2D eigenvalue weighted by atomic mass is 10.0. The zero-order chi connectivity index (χ0) is 31.0. The van der Waals surface area contributed by atoms with Gasteiger partial charge >= 0.3 is 0 Å². The SMILES string of the molecule is Cc1ccc(C)c(CN2C(=O)c3ccccc3S(=O)(=O)c3ccc(C(=O)Nc4ccccc4C(=O)c4ccccc4)cc32)c1. The van der Waals surface area contributed by atoms with E-state index in [0.717, 1.165) is 16.7 Å². The number of anilines is 2. The molecule has 5 aromatic rings. The first-order valence-corrected chi connectivity index (χ1v) is 15.5. The van der Waals surface area contributed by atoms with Gasteiger partial charge in [0.2, 0.25) is 9.84 Å². The van der Waals surface area contributed by atoms with Crippen LogP contribution in [0.15, 0.2) is 125 Å². The van der Waals surface area contributed by atoms with Crippen LogP contribution in [0.1, 0.15) is 53.3 Å². The standard InChI is InChI=1S/C36H28N2O5S/c1-23-16-17-24(2)27(20-23)22-38-31-21-26(18-19-33(31)44(42,43)32-15-9-7-13-29(32)36(38)41)35(40)37-30-14-8-6-12-28(30)34(39)25-10-4-3-5-11-25/h3-21H,22H2,1-2H3,(H,37,40). The van der Waals surface area contributed by atoms with Gasteiger partial charge in [-0.15, -0.1) is 0 Å². The van der Waals surface area contributed by atoms with E-state index in [9.17, 15) is 22.8 Å². The number of aryl methyl sites for hydroxylation is 2. The van der Waals surface area contributed by atoms with Crippen molar-refractivity contribution in [3.63, 3.8) is 0 Å². The number of sulfone groups is 1. The second kappa shape index (κ2) is 11.4. The second-order valence-electron chi connectivity index (χ2n) is 10.7. The first kappa shape index (κ1) is 28.8. The lowest BCUT2D eigenvalue weighted by Gasteiger charge is -2.24. The number of para-hydroxylation sites is 1. The smallest absolute Gasteiger partial charge is 0.259 e. The molecular weight excluding hydrogens is 572 g/mol. The Morgan fingerprint density at radius 2 is 1.43 bits per heavy atom. The topological polar surface area (TPSA) is 101 Å². The fourth-order valence-electron chi connectivity index (χ4n) is 5.38. The highest BCUT2D eigenvalue weighted by atomic mass is 32.2. The number of carbonyl (C=O) groups is 3. The molecule has 1 heterocycles. The number of hydrogen-bond donors (Lipinski definition) is 1. The number of amides is 2. The fourth-order valence-corrected chi connectivity index (χ4v) is 7.01. The summed E-state index contributed by atoms with van der Waals surface area (Å²) in [5, 5.41) is 2.82. The third kappa shape index (κ3) is 5.20. The van der Waals surface area contributed by atoms with Crippen LogP contribution < -0.4 is 10.2 Å². The molecule has 1 aliphatic rings. The third-order valence-electron chi connectivity index (χ3n) is 7.74. The number of nitrogens with zero attached hydrogens (tertiary/aromatic N) is 1. The molecule has 0 radical (unpaired) electrons. The van der Waals surface area contributed by atoms with Gasteiger partial charge in [0.15, 0.2) is 5.78 Å². The predicted molar refractivity (Wildman–Crippen MR) is 169 cm³/mol. The van der Waals surface area contributed by atoms with Crippen LogP contribution in [0.25, 0.3) is 0 Å². The van der Waals surface area contributed by atoms with Crippen molar-refractivity contribution in [2.24, 2.45) is 0 Å². The summed E-state index contributed by atoms with van der Waals surface area (Å²) in [5.74, 6) is -1.29. The normalized spacial score (nSPS) is 13.4. The zero-order valence-corrected chi connectivity index (χ0v) is 24.9. The number of nitrogens with one attached hydrogen (secondary N) is 1. The van der Waals surface area contributed by atoms with Gasteiger partial charge in [0.1, 0.15) is 0 Å². The van der Waals surface area contributed by atoms with E-state index in [-0.39, 0.29) is 38.9 Å². The number of rotatable bonds is 6. The molecule has 1 N–H and O–H groups in total. The van der Waals surface area contributed by atoms with Gasteiger partial charge in [-0.2, -0.15) is 0 Å². The molecule has 0 aromatic heterocycles. The predicted octanol–water partition coefficient (Wildman–Crippen LogP) is 6.78. The molecule has 6 rings (SSSR count). The van der Waals surface area contributed by atoms with Crippen LogP contribution in [0.3, 0.4) is 0 Å². The van der Waals surface area contributed by atoms with Crippen molar-refractivity contribution in [1.82, 2.24) is 0 Å². The minimum absolute atomic E-state index is 0.0633. The summed E-state index contributed by atoms with van der Waals surface area (Å²) < 4.78 is 27.8. The van der Waals surface area contributed by atoms with Crippen LogP contribution in [0.4, 0.5) is 11.4 Å². The van der Waals surface area contributed by atoms with Gasteiger partial charge in [-0.05, 0) is 67.4 Å². The van der Waals surface area contributed by atoms with Crippen molar-refractivity contribution in [3.05, 3.63) is 154 Å². The van der Waals surface area contributed by atoms with E-state index in [1.807, 2.05) is 38.1 Å². The van der Waals surface area contributed by atoms with E-state index in [1.165, 1.54) is 35.2 Å². The Morgan fingerprint density at radius 3 is 2.23 bits per heavy atom. The van der Waals surface area contributed by atoms with Gasteiger partial charge in [0, 0.05) is 16.7 Å². The van der Waals surface area contributed by atoms with E-state index in [2.05, 4.69) is 5.32 Å². The molecule has 7 nitrogen and oxygen atoms in total. The summed E-state index contributed by atoms with van der Waals surface area (Å²) in [5.41, 5.74) is 4.19. The average molecular weight is 601 g/mol. The molecule has 44 heavy (non-hydrogen) atoms. The molecule has 218 valence electrons. The van der Waals surface area contributed by atoms with Gasteiger partial charge < -0.3 is 10.2 Å². The number of benzene rings is 5. The minimum Gasteiger partial charge on any atom is -0.321 e. The summed E-state index contributed by atoms with van der Waals surface area (Å²) in [7, 11) is -4.10. The van der Waals surface area contributed by atoms with Crippen LogP contribution in [0.2, 0.25) is 0 Å². The Kier molecular flexibility index (Phi) is 7.45. The largest absolute Gasteiger partial charge is 0.321 e. The van der Waals surface area contributed by atoms with E-state index in [4.69, 9.17) is 0 Å². The number of carbonyl (C=O) groups excluding carboxylic acids is 3. The Balaban J connectivity index is 1.43. The summed E-state index contributed by atoms with van der Waals surface area (Å²) in [6, 6.07) is 31.7. The summed E-state index contributed by atoms with van der Waals surface area (Å²) in [6.07, 6.45) is 0. The molecule has 1 aliphatic heterocycles. The molecule has 0 spiro atoms. The van der Waals surface area contributed by atoms with Gasteiger partial charge in [0.25, 0.3) is 11.8 Å². The highest BCUT2D eigenvalue weighted by Gasteiger charge is 2.36. The monoisotopic (exact) mass is 600 g/mol. The molecule has 8 heteroatoms. The fraction of sp³-hybridized carbons (Fsp3) is 0.0833. The zero-order valence-electron chi connectivity index (χ0n) is 24.1. The van der Waals surface area contributed by atoms with Gasteiger partial charge in [-0.3, -0.25) is 14.4 Å². The van der Waals surface area contributed by atoms with E-state index in [1.54, 1.807) is 60.7 Å². The van der Waals surface area contributed by atoms with Crippen molar-refractivity contribution in [3.8, 4) is 0 Å². The minimum atomic E-state index is -4.10. The van der Waals surface area contributed by atoms with Crippen molar-refractivity contribution < 1.29 is 22.8 Å². The molecule has 0 saturated carbocycles. The van der Waals surface area contributed by atoms with Gasteiger partial charge in [-0.1, -0.05) is 78.4 Å². The van der Waals surface area contributed by atoms with E-state index >= 15 is 0 Å². The first-order chi connectivity index (χ1) is 21.1. The van der Waals surface area contributed by atoms with Gasteiger partial charge in [0.05, 0.1) is 33.3 Å². The summed E-state index contributed by atoms with van der Waals surface area (Å²) >= 11 is 0. The summed E-state index contributed by atoms with van der Waals surface area (Å²) in [6.45, 7) is 3.98. The molecule has 0 fully saturated rings. The van der Waals surface area contributed by atoms with E-state index < -0.39 is 21.7 Å². The maximum atomic E-state index is 14.0. The van der Waals surface area contributed by atoms with Crippen molar-refractivity contribution >= 4 is 38.8 Å². The Labute approximate surface area is 255 Å². The molecule has 2 amide bonds. The maximum Gasteiger partial charge on any atom is 0.259 e. The quantitative estimate of drug-likeness (QED) is 0.217. The summed E-state index contributed by atoms with van der Waals surface area (Å²) in [4.78, 5) is 42.2. The number of fused-ring (bicyclic) bond motifs is 2. The van der Waals surface area contributed by atoms with Crippen LogP contribution in [-0.2, 0) is 16.4 Å². The van der Waals surface area contributed by atoms with Crippen LogP contribution in [0.5, 0.6) is 0 Å². The molecule has 0 bridgehead atoms. The molecule has 0 aliphatic carbocycles. The number of ketones is 1. The molecule has 0 atom stereocenters. The second-order valence-corrected chi connectivity index (χ2v) is 12.6. The Hall–Kier alpha value is -5.34. The van der Waals surface area contributed by atoms with Crippen molar-refractivity contribution in [1.29, 1.82) is 0 Å². The van der Waals surface area contributed by atoms with Crippen LogP contribution in [0, 0.1) is 13.8 Å². The van der Waals surface area contributed by atoms with Crippen LogP contribution >= 0.6 is 0 Å². The highest BCUT2D eigenvalue weighted by Crippen LogP contribution is 2.38. The van der Waals surface area contributed by atoms with Gasteiger partial charge in [-0.25, -0.2) is 8.42 Å². The highest BCUT2D eigenvalue weighted by molar-refractivity contribution is 7.91. The van der Waals surface area contributed by atoms with E-state index in [0.29, 0.717) is 16.8 Å².